The van der Waals surface area contributed by atoms with Gasteiger partial charge in [-0.3, -0.25) is 0 Å². The summed E-state index contributed by atoms with van der Waals surface area (Å²) in [7, 11) is 0. The molecule has 0 spiro atoms. The molecule has 0 aromatic heterocycles. The van der Waals surface area contributed by atoms with Gasteiger partial charge in [0, 0.05) is 12.1 Å². The van der Waals surface area contributed by atoms with Crippen molar-refractivity contribution in [1.82, 2.24) is 0 Å². The first-order valence-electron chi connectivity index (χ1n) is 5.22. The van der Waals surface area contributed by atoms with Crippen molar-refractivity contribution < 1.29 is 4.39 Å². The van der Waals surface area contributed by atoms with Gasteiger partial charge in [-0.2, -0.15) is 0 Å². The van der Waals surface area contributed by atoms with Crippen LogP contribution in [0.1, 0.15) is 20.8 Å². The van der Waals surface area contributed by atoms with Gasteiger partial charge in [0.05, 0.1) is 5.69 Å². The molecule has 2 nitrogen and oxygen atoms in total. The Morgan fingerprint density at radius 2 is 2.00 bits per heavy atom. The molecule has 0 radical (unpaired) electrons. The molecule has 3 N–H and O–H groups in total. The van der Waals surface area contributed by atoms with Gasteiger partial charge < -0.3 is 11.1 Å². The van der Waals surface area contributed by atoms with Crippen molar-refractivity contribution in [2.45, 2.75) is 26.3 Å². The van der Waals surface area contributed by atoms with E-state index in [9.17, 15) is 4.39 Å². The Balaban J connectivity index is 2.89. The lowest BCUT2D eigenvalue weighted by Crippen LogP contribution is -2.47. The van der Waals surface area contributed by atoms with Crippen molar-refractivity contribution in [3.63, 3.8) is 0 Å². The Labute approximate surface area is 90.7 Å². The van der Waals surface area contributed by atoms with Crippen LogP contribution in [0.15, 0.2) is 24.3 Å². The van der Waals surface area contributed by atoms with E-state index in [2.05, 4.69) is 19.2 Å². The molecule has 0 saturated heterocycles. The highest BCUT2D eigenvalue weighted by molar-refractivity contribution is 5.46. The second-order valence-electron chi connectivity index (χ2n) is 4.38. The number of hydrogen-bond donors (Lipinski definition) is 2. The van der Waals surface area contributed by atoms with Crippen LogP contribution in [0.25, 0.3) is 0 Å². The fourth-order valence-corrected chi connectivity index (χ4v) is 1.30. The quantitative estimate of drug-likeness (QED) is 0.801. The molecular formula is C12H19FN2. The molecule has 0 aliphatic heterocycles. The summed E-state index contributed by atoms with van der Waals surface area (Å²) in [4.78, 5) is 0. The Bertz CT molecular complexity index is 325. The third kappa shape index (κ3) is 2.69. The predicted octanol–water partition coefficient (Wildman–Crippen LogP) is 2.61. The first kappa shape index (κ1) is 12.0. The van der Waals surface area contributed by atoms with Crippen molar-refractivity contribution >= 4 is 5.69 Å². The van der Waals surface area contributed by atoms with Crippen LogP contribution >= 0.6 is 0 Å². The summed E-state index contributed by atoms with van der Waals surface area (Å²) in [6, 6.07) is 6.66. The third-order valence-electron chi connectivity index (χ3n) is 2.99. The highest BCUT2D eigenvalue weighted by atomic mass is 19.1. The molecular weight excluding hydrogens is 191 g/mol. The maximum atomic E-state index is 13.4. The van der Waals surface area contributed by atoms with Crippen molar-refractivity contribution in [2.24, 2.45) is 11.7 Å². The number of para-hydroxylation sites is 1. The van der Waals surface area contributed by atoms with Gasteiger partial charge in [-0.15, -0.1) is 0 Å². The van der Waals surface area contributed by atoms with Crippen LogP contribution in [0.5, 0.6) is 0 Å². The van der Waals surface area contributed by atoms with Gasteiger partial charge in [0.15, 0.2) is 0 Å². The van der Waals surface area contributed by atoms with Crippen molar-refractivity contribution in [3.8, 4) is 0 Å². The lowest BCUT2D eigenvalue weighted by molar-refractivity contribution is 0.380. The normalized spacial score (nSPS) is 15.1. The summed E-state index contributed by atoms with van der Waals surface area (Å²) in [6.45, 7) is 6.62. The molecule has 1 aromatic rings. The van der Waals surface area contributed by atoms with E-state index < -0.39 is 0 Å². The average molecular weight is 210 g/mol. The standard InChI is InChI=1S/C12H19FN2/c1-9(2)12(3,8-14)15-11-7-5-4-6-10(11)13/h4-7,9,15H,8,14H2,1-3H3. The Morgan fingerprint density at radius 1 is 1.40 bits per heavy atom. The molecule has 1 rings (SSSR count). The number of hydrogen-bond acceptors (Lipinski definition) is 2. The average Bonchev–Trinajstić information content (AvgIpc) is 2.21. The summed E-state index contributed by atoms with van der Waals surface area (Å²) < 4.78 is 13.4. The van der Waals surface area contributed by atoms with E-state index in [-0.39, 0.29) is 11.4 Å². The van der Waals surface area contributed by atoms with Crippen LogP contribution in [-0.4, -0.2) is 12.1 Å². The molecule has 0 saturated carbocycles. The van der Waals surface area contributed by atoms with Crippen molar-refractivity contribution in [1.29, 1.82) is 0 Å². The molecule has 0 amide bonds. The highest BCUT2D eigenvalue weighted by Gasteiger charge is 2.26. The molecule has 1 unspecified atom stereocenters. The zero-order valence-corrected chi connectivity index (χ0v) is 9.55. The Hall–Kier alpha value is -1.09. The lowest BCUT2D eigenvalue weighted by Gasteiger charge is -2.34. The molecule has 0 aliphatic rings. The maximum Gasteiger partial charge on any atom is 0.146 e. The minimum Gasteiger partial charge on any atom is -0.376 e. The summed E-state index contributed by atoms with van der Waals surface area (Å²) in [5.74, 6) is 0.0972. The van der Waals surface area contributed by atoms with E-state index in [0.717, 1.165) is 0 Å². The van der Waals surface area contributed by atoms with E-state index in [0.29, 0.717) is 18.2 Å². The fourth-order valence-electron chi connectivity index (χ4n) is 1.30. The van der Waals surface area contributed by atoms with Crippen molar-refractivity contribution in [2.75, 3.05) is 11.9 Å². The number of nitrogens with two attached hydrogens (primary N) is 1. The van der Waals surface area contributed by atoms with Crippen LogP contribution < -0.4 is 11.1 Å². The first-order chi connectivity index (χ1) is 6.99. The predicted molar refractivity (Wildman–Crippen MR) is 62.3 cm³/mol. The molecule has 0 bridgehead atoms. The van der Waals surface area contributed by atoms with Crippen LogP contribution in [0.3, 0.4) is 0 Å². The van der Waals surface area contributed by atoms with Crippen LogP contribution in [0.4, 0.5) is 10.1 Å². The smallest absolute Gasteiger partial charge is 0.146 e. The minimum atomic E-state index is -0.276. The molecule has 1 atom stereocenters. The van der Waals surface area contributed by atoms with Gasteiger partial charge in [-0.05, 0) is 25.0 Å². The maximum absolute atomic E-state index is 13.4. The van der Waals surface area contributed by atoms with E-state index in [1.54, 1.807) is 12.1 Å². The third-order valence-corrected chi connectivity index (χ3v) is 2.99. The second-order valence-corrected chi connectivity index (χ2v) is 4.38. The number of nitrogens with one attached hydrogen (secondary N) is 1. The number of anilines is 1. The van der Waals surface area contributed by atoms with Gasteiger partial charge in [-0.1, -0.05) is 26.0 Å². The highest BCUT2D eigenvalue weighted by Crippen LogP contribution is 2.23. The van der Waals surface area contributed by atoms with E-state index in [1.165, 1.54) is 6.07 Å². The van der Waals surface area contributed by atoms with E-state index >= 15 is 0 Å². The zero-order chi connectivity index (χ0) is 11.5. The minimum absolute atomic E-state index is 0.238. The lowest BCUT2D eigenvalue weighted by atomic mass is 9.88. The van der Waals surface area contributed by atoms with Gasteiger partial charge in [-0.25, -0.2) is 4.39 Å². The van der Waals surface area contributed by atoms with Crippen LogP contribution in [0.2, 0.25) is 0 Å². The topological polar surface area (TPSA) is 38.0 Å². The van der Waals surface area contributed by atoms with E-state index in [1.807, 2.05) is 13.0 Å². The van der Waals surface area contributed by atoms with Gasteiger partial charge >= 0.3 is 0 Å². The van der Waals surface area contributed by atoms with Gasteiger partial charge in [0.2, 0.25) is 0 Å². The molecule has 3 heteroatoms. The van der Waals surface area contributed by atoms with Gasteiger partial charge in [0.25, 0.3) is 0 Å². The molecule has 15 heavy (non-hydrogen) atoms. The molecule has 0 aliphatic carbocycles. The Morgan fingerprint density at radius 3 is 2.47 bits per heavy atom. The van der Waals surface area contributed by atoms with Crippen LogP contribution in [0, 0.1) is 11.7 Å². The Kier molecular flexibility index (Phi) is 3.69. The largest absolute Gasteiger partial charge is 0.376 e. The van der Waals surface area contributed by atoms with E-state index in [4.69, 9.17) is 5.73 Å². The summed E-state index contributed by atoms with van der Waals surface area (Å²) in [5.41, 5.74) is 5.96. The molecule has 0 heterocycles. The van der Waals surface area contributed by atoms with Crippen LogP contribution in [-0.2, 0) is 0 Å². The summed E-state index contributed by atoms with van der Waals surface area (Å²) >= 11 is 0. The second kappa shape index (κ2) is 4.62. The number of rotatable bonds is 4. The molecule has 84 valence electrons. The molecule has 0 fully saturated rings. The van der Waals surface area contributed by atoms with Crippen molar-refractivity contribution in [3.05, 3.63) is 30.1 Å². The zero-order valence-electron chi connectivity index (χ0n) is 9.55. The van der Waals surface area contributed by atoms with Gasteiger partial charge in [0.1, 0.15) is 5.82 Å². The number of halogens is 1. The first-order valence-corrected chi connectivity index (χ1v) is 5.22. The monoisotopic (exact) mass is 210 g/mol. The fraction of sp³-hybridized carbons (Fsp3) is 0.500. The number of benzene rings is 1. The summed E-state index contributed by atoms with van der Waals surface area (Å²) in [5, 5.41) is 3.17. The molecule has 1 aromatic carbocycles. The summed E-state index contributed by atoms with van der Waals surface area (Å²) in [6.07, 6.45) is 0. The SMILES string of the molecule is CC(C)C(C)(CN)Nc1ccccc1F.